The summed E-state index contributed by atoms with van der Waals surface area (Å²) >= 11 is 0. The van der Waals surface area contributed by atoms with Crippen LogP contribution in [0.4, 0.5) is 0 Å². The molecule has 153 valence electrons. The van der Waals surface area contributed by atoms with Gasteiger partial charge >= 0.3 is 0 Å². The Morgan fingerprint density at radius 2 is 1.79 bits per heavy atom. The van der Waals surface area contributed by atoms with Gasteiger partial charge in [-0.25, -0.2) is 0 Å². The van der Waals surface area contributed by atoms with Crippen LogP contribution in [0.3, 0.4) is 0 Å². The number of carbonyl (C=O) groups excluding carboxylic acids is 3. The first-order valence-electron chi connectivity index (χ1n) is 9.82. The van der Waals surface area contributed by atoms with Crippen molar-refractivity contribution in [2.45, 2.75) is 58.9 Å². The van der Waals surface area contributed by atoms with E-state index in [1.165, 1.54) is 6.92 Å². The molecule has 0 spiro atoms. The second-order valence-corrected chi connectivity index (χ2v) is 6.70. The van der Waals surface area contributed by atoms with Crippen molar-refractivity contribution in [3.63, 3.8) is 0 Å². The number of hydrogen-bond donors (Lipinski definition) is 3. The van der Waals surface area contributed by atoms with Gasteiger partial charge in [0.15, 0.2) is 0 Å². The van der Waals surface area contributed by atoms with Gasteiger partial charge in [0, 0.05) is 19.0 Å². The van der Waals surface area contributed by atoms with Gasteiger partial charge in [0.25, 0.3) is 0 Å². The number of allylic oxidation sites excluding steroid dienone is 1. The van der Waals surface area contributed by atoms with Gasteiger partial charge in [-0.3, -0.25) is 14.4 Å². The van der Waals surface area contributed by atoms with Gasteiger partial charge in [-0.15, -0.1) is 0 Å². The Morgan fingerprint density at radius 3 is 2.43 bits per heavy atom. The molecule has 0 fully saturated rings. The predicted octanol–water partition coefficient (Wildman–Crippen LogP) is 2.65. The molecule has 0 saturated carbocycles. The lowest BCUT2D eigenvalue weighted by Crippen LogP contribution is -2.45. The summed E-state index contributed by atoms with van der Waals surface area (Å²) in [5.41, 5.74) is 1.81. The van der Waals surface area contributed by atoms with Crippen LogP contribution in [0.2, 0.25) is 0 Å². The van der Waals surface area contributed by atoms with Crippen molar-refractivity contribution in [1.82, 2.24) is 16.0 Å². The van der Waals surface area contributed by atoms with Crippen molar-refractivity contribution in [1.29, 1.82) is 0 Å². The lowest BCUT2D eigenvalue weighted by Gasteiger charge is -2.17. The lowest BCUT2D eigenvalue weighted by atomic mass is 10.1. The monoisotopic (exact) mass is 386 g/mol. The molecular formula is C22H32N3O3. The minimum Gasteiger partial charge on any atom is -0.352 e. The van der Waals surface area contributed by atoms with Gasteiger partial charge in [0.2, 0.25) is 17.7 Å². The van der Waals surface area contributed by atoms with E-state index in [1.807, 2.05) is 43.3 Å². The van der Waals surface area contributed by atoms with Gasteiger partial charge in [-0.2, -0.15) is 0 Å². The van der Waals surface area contributed by atoms with Crippen LogP contribution in [0, 0.1) is 6.54 Å². The highest BCUT2D eigenvalue weighted by atomic mass is 16.2. The Labute approximate surface area is 168 Å². The van der Waals surface area contributed by atoms with E-state index in [9.17, 15) is 14.4 Å². The van der Waals surface area contributed by atoms with Crippen molar-refractivity contribution >= 4 is 17.7 Å². The van der Waals surface area contributed by atoms with Gasteiger partial charge in [-0.1, -0.05) is 43.3 Å². The summed E-state index contributed by atoms with van der Waals surface area (Å²) in [6.45, 7) is 7.43. The summed E-state index contributed by atoms with van der Waals surface area (Å²) in [5, 5.41) is 8.33. The van der Waals surface area contributed by atoms with Crippen LogP contribution >= 0.6 is 0 Å². The van der Waals surface area contributed by atoms with Crippen LogP contribution in [0.25, 0.3) is 0 Å². The summed E-state index contributed by atoms with van der Waals surface area (Å²) in [7, 11) is 0. The molecular weight excluding hydrogens is 354 g/mol. The average molecular weight is 387 g/mol. The molecule has 0 unspecified atom stereocenters. The molecule has 0 aliphatic carbocycles. The molecule has 0 aliphatic rings. The quantitative estimate of drug-likeness (QED) is 0.381. The van der Waals surface area contributed by atoms with E-state index >= 15 is 0 Å². The summed E-state index contributed by atoms with van der Waals surface area (Å²) < 4.78 is 0. The zero-order valence-electron chi connectivity index (χ0n) is 17.1. The van der Waals surface area contributed by atoms with Crippen molar-refractivity contribution in [2.75, 3.05) is 6.54 Å². The summed E-state index contributed by atoms with van der Waals surface area (Å²) in [5.74, 6) is -0.526. The topological polar surface area (TPSA) is 87.3 Å². The fourth-order valence-electron chi connectivity index (χ4n) is 2.71. The number of nitrogens with one attached hydrogen (secondary N) is 3. The highest BCUT2D eigenvalue weighted by Crippen LogP contribution is 2.04. The Kier molecular flexibility index (Phi) is 11.3. The van der Waals surface area contributed by atoms with Gasteiger partial charge in [0.05, 0.1) is 6.54 Å². The highest BCUT2D eigenvalue weighted by Gasteiger charge is 2.18. The minimum absolute atomic E-state index is 0.0616. The highest BCUT2D eigenvalue weighted by molar-refractivity contribution is 5.92. The molecule has 0 bridgehead atoms. The average Bonchev–Trinajstić information content (AvgIpc) is 2.67. The molecule has 0 aliphatic heterocycles. The molecule has 28 heavy (non-hydrogen) atoms. The maximum atomic E-state index is 12.4. The molecule has 3 amide bonds. The number of unbranched alkanes of at least 4 members (excludes halogenated alkanes) is 1. The Morgan fingerprint density at radius 1 is 1.07 bits per heavy atom. The fraction of sp³-hybridized carbons (Fsp3) is 0.455. The largest absolute Gasteiger partial charge is 0.352 e. The second kappa shape index (κ2) is 13.5. The Hall–Kier alpha value is -2.63. The third kappa shape index (κ3) is 9.90. The third-order valence-electron chi connectivity index (χ3n) is 4.19. The maximum absolute atomic E-state index is 12.4. The normalized spacial score (nSPS) is 12.2. The molecule has 1 aromatic rings. The summed E-state index contributed by atoms with van der Waals surface area (Å²) in [4.78, 5) is 35.6. The van der Waals surface area contributed by atoms with E-state index in [-0.39, 0.29) is 17.7 Å². The van der Waals surface area contributed by atoms with Crippen LogP contribution in [0.5, 0.6) is 0 Å². The van der Waals surface area contributed by atoms with E-state index in [1.54, 1.807) is 13.5 Å². The van der Waals surface area contributed by atoms with E-state index in [4.69, 9.17) is 0 Å². The third-order valence-corrected chi connectivity index (χ3v) is 4.19. The van der Waals surface area contributed by atoms with Crippen molar-refractivity contribution in [3.8, 4) is 0 Å². The molecule has 1 rings (SSSR count). The van der Waals surface area contributed by atoms with Crippen LogP contribution in [-0.4, -0.2) is 30.3 Å². The molecule has 1 aromatic carbocycles. The first-order valence-corrected chi connectivity index (χ1v) is 9.82. The van der Waals surface area contributed by atoms with E-state index in [0.717, 1.165) is 18.4 Å². The molecule has 1 atom stereocenters. The molecule has 0 saturated heterocycles. The number of benzene rings is 1. The number of rotatable bonds is 12. The summed E-state index contributed by atoms with van der Waals surface area (Å²) in [6.07, 6.45) is 5.31. The zero-order chi connectivity index (χ0) is 20.8. The fourth-order valence-corrected chi connectivity index (χ4v) is 2.71. The summed E-state index contributed by atoms with van der Waals surface area (Å²) in [6, 6.07) is 9.23. The molecule has 1 radical (unpaired) electrons. The molecule has 0 aromatic heterocycles. The number of amides is 3. The van der Waals surface area contributed by atoms with E-state index in [0.29, 0.717) is 31.4 Å². The zero-order valence-corrected chi connectivity index (χ0v) is 17.1. The lowest BCUT2D eigenvalue weighted by molar-refractivity contribution is -0.127. The van der Waals surface area contributed by atoms with Crippen molar-refractivity contribution in [2.24, 2.45) is 0 Å². The number of carbonyl (C=O) groups is 3. The SMILES string of the molecule is CCC=C(C)C(=O)NCCCC[C@H](NC(C)=O)C(=O)N[CH]Cc1ccccc1. The van der Waals surface area contributed by atoms with Gasteiger partial charge < -0.3 is 16.0 Å². The first-order chi connectivity index (χ1) is 13.4. The Bertz CT molecular complexity index is 656. The van der Waals surface area contributed by atoms with Crippen LogP contribution in [-0.2, 0) is 20.8 Å². The second-order valence-electron chi connectivity index (χ2n) is 6.70. The minimum atomic E-state index is -0.582. The molecule has 6 heteroatoms. The Balaban J connectivity index is 2.34. The van der Waals surface area contributed by atoms with Gasteiger partial charge in [0.1, 0.15) is 6.04 Å². The van der Waals surface area contributed by atoms with Crippen LogP contribution in [0.1, 0.15) is 52.0 Å². The molecule has 6 nitrogen and oxygen atoms in total. The number of hydrogen-bond acceptors (Lipinski definition) is 3. The smallest absolute Gasteiger partial charge is 0.246 e. The van der Waals surface area contributed by atoms with Crippen molar-refractivity contribution in [3.05, 3.63) is 54.1 Å². The van der Waals surface area contributed by atoms with Crippen LogP contribution < -0.4 is 16.0 Å². The van der Waals surface area contributed by atoms with Gasteiger partial charge in [-0.05, 0) is 44.6 Å². The van der Waals surface area contributed by atoms with E-state index in [2.05, 4.69) is 16.0 Å². The van der Waals surface area contributed by atoms with E-state index < -0.39 is 6.04 Å². The van der Waals surface area contributed by atoms with Crippen molar-refractivity contribution < 1.29 is 14.4 Å². The first kappa shape index (κ1) is 23.4. The van der Waals surface area contributed by atoms with Crippen LogP contribution in [0.15, 0.2) is 42.0 Å². The standard InChI is InChI=1S/C22H32N3O3/c1-4-10-17(2)21(27)23-15-9-8-13-20(25-18(3)26)22(28)24-16-14-19-11-6-5-7-12-19/h5-7,10-12,16,20H,4,8-9,13-15H2,1-3H3,(H,23,27)(H,24,28)(H,25,26)/t20-/m0/s1. The molecule has 0 heterocycles. The molecule has 3 N–H and O–H groups in total. The predicted molar refractivity (Wildman–Crippen MR) is 111 cm³/mol. The maximum Gasteiger partial charge on any atom is 0.246 e.